The minimum absolute atomic E-state index is 0.114. The third-order valence-electron chi connectivity index (χ3n) is 4.92. The minimum Gasteiger partial charge on any atom is -0.318 e. The van der Waals surface area contributed by atoms with Gasteiger partial charge < -0.3 is 5.32 Å². The van der Waals surface area contributed by atoms with Gasteiger partial charge in [0.2, 0.25) is 0 Å². The van der Waals surface area contributed by atoms with E-state index < -0.39 is 10.2 Å². The van der Waals surface area contributed by atoms with E-state index in [1.165, 1.54) is 0 Å². The Labute approximate surface area is 123 Å². The highest BCUT2D eigenvalue weighted by Crippen LogP contribution is 2.29. The molecule has 0 bridgehead atoms. The lowest BCUT2D eigenvalue weighted by Gasteiger charge is -2.43. The van der Waals surface area contributed by atoms with Crippen LogP contribution in [-0.2, 0) is 10.2 Å². The van der Waals surface area contributed by atoms with Gasteiger partial charge in [0.25, 0.3) is 10.2 Å². The molecule has 0 aromatic heterocycles. The number of nitrogens with zero attached hydrogens (tertiary/aromatic N) is 2. The average molecular weight is 303 g/mol. The lowest BCUT2D eigenvalue weighted by atomic mass is 9.94. The standard InChI is InChI=1S/C14H29N3O2S/c1-12-7-6-10-16(13(12)2)20(18,19)17-9-5-4-8-14(17)11-15-3/h12-15H,4-11H2,1-3H3. The maximum Gasteiger partial charge on any atom is 0.282 e. The summed E-state index contributed by atoms with van der Waals surface area (Å²) in [5.74, 6) is 0.450. The van der Waals surface area contributed by atoms with Crippen LogP contribution in [-0.4, -0.2) is 55.8 Å². The lowest BCUT2D eigenvalue weighted by molar-refractivity contribution is 0.169. The van der Waals surface area contributed by atoms with E-state index in [1.807, 2.05) is 7.05 Å². The Kier molecular flexibility index (Phi) is 5.45. The molecule has 5 nitrogen and oxygen atoms in total. The SMILES string of the molecule is CNCC1CCCCN1S(=O)(=O)N1CCCC(C)C1C. The van der Waals surface area contributed by atoms with Crippen LogP contribution in [0.3, 0.4) is 0 Å². The predicted molar refractivity (Wildman–Crippen MR) is 81.8 cm³/mol. The molecule has 0 aromatic rings. The quantitative estimate of drug-likeness (QED) is 0.855. The first kappa shape index (κ1) is 16.2. The Morgan fingerprint density at radius 3 is 2.45 bits per heavy atom. The van der Waals surface area contributed by atoms with Crippen molar-refractivity contribution in [2.75, 3.05) is 26.7 Å². The topological polar surface area (TPSA) is 52.7 Å². The van der Waals surface area contributed by atoms with Gasteiger partial charge in [0.15, 0.2) is 0 Å². The smallest absolute Gasteiger partial charge is 0.282 e. The molecular weight excluding hydrogens is 274 g/mol. The molecule has 118 valence electrons. The summed E-state index contributed by atoms with van der Waals surface area (Å²) in [6, 6.07) is 0.231. The molecule has 0 aromatic carbocycles. The predicted octanol–water partition coefficient (Wildman–Crippen LogP) is 1.43. The number of likely N-dealkylation sites (N-methyl/N-ethyl adjacent to an activating group) is 1. The van der Waals surface area contributed by atoms with Crippen LogP contribution < -0.4 is 5.32 Å². The molecule has 3 atom stereocenters. The Hall–Kier alpha value is -0.170. The van der Waals surface area contributed by atoms with Crippen molar-refractivity contribution in [2.45, 2.75) is 58.0 Å². The van der Waals surface area contributed by atoms with Gasteiger partial charge in [-0.05, 0) is 45.6 Å². The highest BCUT2D eigenvalue weighted by molar-refractivity contribution is 7.86. The molecule has 0 spiro atoms. The molecule has 2 aliphatic rings. The van der Waals surface area contributed by atoms with Crippen molar-refractivity contribution in [2.24, 2.45) is 5.92 Å². The molecule has 0 radical (unpaired) electrons. The summed E-state index contributed by atoms with van der Waals surface area (Å²) >= 11 is 0. The van der Waals surface area contributed by atoms with Gasteiger partial charge in [-0.1, -0.05) is 13.3 Å². The Balaban J connectivity index is 2.18. The van der Waals surface area contributed by atoms with Crippen molar-refractivity contribution in [1.29, 1.82) is 0 Å². The van der Waals surface area contributed by atoms with Crippen LogP contribution in [0.15, 0.2) is 0 Å². The fourth-order valence-corrected chi connectivity index (χ4v) is 5.65. The first-order chi connectivity index (χ1) is 9.48. The van der Waals surface area contributed by atoms with E-state index in [2.05, 4.69) is 19.2 Å². The first-order valence-corrected chi connectivity index (χ1v) is 9.31. The van der Waals surface area contributed by atoms with Crippen LogP contribution in [0.2, 0.25) is 0 Å². The van der Waals surface area contributed by atoms with Crippen molar-refractivity contribution in [3.63, 3.8) is 0 Å². The molecule has 6 heteroatoms. The van der Waals surface area contributed by atoms with Gasteiger partial charge >= 0.3 is 0 Å². The van der Waals surface area contributed by atoms with E-state index in [4.69, 9.17) is 0 Å². The van der Waals surface area contributed by atoms with Crippen LogP contribution in [0, 0.1) is 5.92 Å². The van der Waals surface area contributed by atoms with E-state index in [0.29, 0.717) is 19.0 Å². The highest BCUT2D eigenvalue weighted by Gasteiger charge is 2.40. The lowest BCUT2D eigenvalue weighted by Crippen LogP contribution is -2.57. The van der Waals surface area contributed by atoms with Crippen molar-refractivity contribution in [1.82, 2.24) is 13.9 Å². The molecule has 2 heterocycles. The van der Waals surface area contributed by atoms with Crippen LogP contribution in [0.4, 0.5) is 0 Å². The maximum atomic E-state index is 13.0. The largest absolute Gasteiger partial charge is 0.318 e. The summed E-state index contributed by atoms with van der Waals surface area (Å²) < 4.78 is 29.5. The van der Waals surface area contributed by atoms with Crippen molar-refractivity contribution in [3.05, 3.63) is 0 Å². The number of piperidine rings is 2. The summed E-state index contributed by atoms with van der Waals surface area (Å²) in [4.78, 5) is 0. The Bertz CT molecular complexity index is 411. The molecule has 2 fully saturated rings. The van der Waals surface area contributed by atoms with Gasteiger partial charge in [0, 0.05) is 31.7 Å². The molecule has 1 N–H and O–H groups in total. The van der Waals surface area contributed by atoms with E-state index in [1.54, 1.807) is 8.61 Å². The molecule has 2 aliphatic heterocycles. The number of hydrogen-bond acceptors (Lipinski definition) is 3. The van der Waals surface area contributed by atoms with Crippen LogP contribution in [0.25, 0.3) is 0 Å². The van der Waals surface area contributed by atoms with E-state index >= 15 is 0 Å². The van der Waals surface area contributed by atoms with Crippen LogP contribution >= 0.6 is 0 Å². The van der Waals surface area contributed by atoms with Gasteiger partial charge in [-0.25, -0.2) is 0 Å². The van der Waals surface area contributed by atoms with E-state index in [9.17, 15) is 8.42 Å². The van der Waals surface area contributed by atoms with Crippen LogP contribution in [0.5, 0.6) is 0 Å². The fraction of sp³-hybridized carbons (Fsp3) is 1.00. The van der Waals surface area contributed by atoms with Crippen molar-refractivity contribution < 1.29 is 8.42 Å². The summed E-state index contributed by atoms with van der Waals surface area (Å²) in [5, 5.41) is 3.14. The van der Waals surface area contributed by atoms with Gasteiger partial charge in [0.1, 0.15) is 0 Å². The van der Waals surface area contributed by atoms with Gasteiger partial charge in [-0.3, -0.25) is 0 Å². The molecule has 2 rings (SSSR count). The van der Waals surface area contributed by atoms with Gasteiger partial charge in [0.05, 0.1) is 0 Å². The van der Waals surface area contributed by atoms with E-state index in [0.717, 1.165) is 38.6 Å². The maximum absolute atomic E-state index is 13.0. The molecular formula is C14H29N3O2S. The monoisotopic (exact) mass is 303 g/mol. The Morgan fingerprint density at radius 2 is 1.75 bits per heavy atom. The highest BCUT2D eigenvalue weighted by atomic mass is 32.2. The first-order valence-electron chi connectivity index (χ1n) is 7.91. The molecule has 0 amide bonds. The average Bonchev–Trinajstić information content (AvgIpc) is 2.42. The Morgan fingerprint density at radius 1 is 1.05 bits per heavy atom. The van der Waals surface area contributed by atoms with E-state index in [-0.39, 0.29) is 12.1 Å². The second-order valence-corrected chi connectivity index (χ2v) is 8.13. The third kappa shape index (κ3) is 3.18. The van der Waals surface area contributed by atoms with Crippen molar-refractivity contribution in [3.8, 4) is 0 Å². The zero-order chi connectivity index (χ0) is 14.8. The van der Waals surface area contributed by atoms with Crippen LogP contribution in [0.1, 0.15) is 46.0 Å². The molecule has 0 aliphatic carbocycles. The molecule has 3 unspecified atom stereocenters. The zero-order valence-corrected chi connectivity index (χ0v) is 13.8. The number of nitrogens with one attached hydrogen (secondary N) is 1. The second-order valence-electron chi connectivity index (χ2n) is 6.30. The molecule has 0 saturated carbocycles. The van der Waals surface area contributed by atoms with Gasteiger partial charge in [-0.15, -0.1) is 0 Å². The summed E-state index contributed by atoms with van der Waals surface area (Å²) in [6.45, 7) is 6.31. The zero-order valence-electron chi connectivity index (χ0n) is 13.0. The normalized spacial score (nSPS) is 34.2. The number of hydrogen-bond donors (Lipinski definition) is 1. The summed E-state index contributed by atoms with van der Waals surface area (Å²) in [5.41, 5.74) is 0. The molecule has 2 saturated heterocycles. The summed E-state index contributed by atoms with van der Waals surface area (Å²) in [7, 11) is -1.42. The number of rotatable bonds is 4. The molecule has 20 heavy (non-hydrogen) atoms. The van der Waals surface area contributed by atoms with Gasteiger partial charge in [-0.2, -0.15) is 17.0 Å². The van der Waals surface area contributed by atoms with Crippen molar-refractivity contribution >= 4 is 10.2 Å². The fourth-order valence-electron chi connectivity index (χ4n) is 3.48. The third-order valence-corrected chi connectivity index (χ3v) is 7.10. The minimum atomic E-state index is -3.31. The summed E-state index contributed by atoms with van der Waals surface area (Å²) in [6.07, 6.45) is 5.20. The second kappa shape index (κ2) is 6.73.